The molecule has 4 aromatic rings. The van der Waals surface area contributed by atoms with Gasteiger partial charge in [-0.3, -0.25) is 9.36 Å². The molecular formula is C23H17ClF3N5O2. The number of carbonyl (C=O) groups is 2. The van der Waals surface area contributed by atoms with Gasteiger partial charge in [0.15, 0.2) is 0 Å². The highest BCUT2D eigenvalue weighted by Gasteiger charge is 2.33. The summed E-state index contributed by atoms with van der Waals surface area (Å²) in [4.78, 5) is 27.9. The first-order valence-corrected chi connectivity index (χ1v) is 10.3. The molecule has 3 N–H and O–H groups in total. The Morgan fingerprint density at radius 1 is 0.882 bits per heavy atom. The van der Waals surface area contributed by atoms with Gasteiger partial charge in [-0.15, -0.1) is 0 Å². The van der Waals surface area contributed by atoms with E-state index < -0.39 is 22.8 Å². The number of hydrogen-bond acceptors (Lipinski definition) is 3. The molecule has 0 aliphatic heterocycles. The Balaban J connectivity index is 1.48. The predicted molar refractivity (Wildman–Crippen MR) is 124 cm³/mol. The normalized spacial score (nSPS) is 11.3. The standard InChI is InChI=1S/C23H17ClF3N5O2/c1-13(33)29-16-5-9-20-21(11-16)32(12-28-20)17-6-2-14(3-7-17)30-22(34)31-15-4-8-19(24)18(10-15)23(25,26)27/h2-12H,1H3,(H,29,33)(H2,30,31,34). The highest BCUT2D eigenvalue weighted by molar-refractivity contribution is 6.31. The topological polar surface area (TPSA) is 88.1 Å². The van der Waals surface area contributed by atoms with Gasteiger partial charge in [-0.05, 0) is 60.7 Å². The van der Waals surface area contributed by atoms with Crippen LogP contribution in [0.2, 0.25) is 5.02 Å². The van der Waals surface area contributed by atoms with Crippen LogP contribution in [-0.2, 0) is 11.0 Å². The summed E-state index contributed by atoms with van der Waals surface area (Å²) in [6.07, 6.45) is -3.00. The Kier molecular flexibility index (Phi) is 6.16. The van der Waals surface area contributed by atoms with Crippen molar-refractivity contribution in [2.75, 3.05) is 16.0 Å². The Bertz CT molecular complexity index is 1380. The van der Waals surface area contributed by atoms with Crippen LogP contribution >= 0.6 is 11.6 Å². The van der Waals surface area contributed by atoms with E-state index >= 15 is 0 Å². The van der Waals surface area contributed by atoms with Crippen LogP contribution in [0.1, 0.15) is 12.5 Å². The Hall–Kier alpha value is -4.05. The minimum atomic E-state index is -4.64. The van der Waals surface area contributed by atoms with Crippen molar-refractivity contribution < 1.29 is 22.8 Å². The number of nitrogens with zero attached hydrogens (tertiary/aromatic N) is 2. The lowest BCUT2D eigenvalue weighted by Crippen LogP contribution is -2.20. The fourth-order valence-electron chi connectivity index (χ4n) is 3.31. The fourth-order valence-corrected chi connectivity index (χ4v) is 3.54. The van der Waals surface area contributed by atoms with E-state index in [1.165, 1.54) is 13.0 Å². The minimum Gasteiger partial charge on any atom is -0.326 e. The molecule has 0 saturated carbocycles. The van der Waals surface area contributed by atoms with E-state index in [2.05, 4.69) is 20.9 Å². The summed E-state index contributed by atoms with van der Waals surface area (Å²) in [5.41, 5.74) is 2.23. The van der Waals surface area contributed by atoms with Crippen molar-refractivity contribution in [3.8, 4) is 5.69 Å². The van der Waals surface area contributed by atoms with Crippen LogP contribution in [0.4, 0.5) is 35.0 Å². The first-order valence-electron chi connectivity index (χ1n) is 9.90. The smallest absolute Gasteiger partial charge is 0.326 e. The van der Waals surface area contributed by atoms with Gasteiger partial charge in [-0.2, -0.15) is 13.2 Å². The number of halogens is 4. The molecule has 3 aromatic carbocycles. The lowest BCUT2D eigenvalue weighted by Gasteiger charge is -2.12. The van der Waals surface area contributed by atoms with E-state index in [9.17, 15) is 22.8 Å². The van der Waals surface area contributed by atoms with E-state index in [1.54, 1.807) is 48.8 Å². The maximum Gasteiger partial charge on any atom is 0.417 e. The number of urea groups is 1. The largest absolute Gasteiger partial charge is 0.417 e. The number of anilines is 3. The molecule has 4 rings (SSSR count). The van der Waals surface area contributed by atoms with Crippen LogP contribution < -0.4 is 16.0 Å². The van der Waals surface area contributed by atoms with E-state index in [-0.39, 0.29) is 11.6 Å². The average Bonchev–Trinajstić information content (AvgIpc) is 3.17. The van der Waals surface area contributed by atoms with Crippen molar-refractivity contribution in [3.05, 3.63) is 77.6 Å². The molecule has 1 aromatic heterocycles. The van der Waals surface area contributed by atoms with Crippen LogP contribution in [-0.4, -0.2) is 21.5 Å². The van der Waals surface area contributed by atoms with Gasteiger partial charge < -0.3 is 16.0 Å². The highest BCUT2D eigenvalue weighted by Crippen LogP contribution is 2.36. The monoisotopic (exact) mass is 487 g/mol. The number of rotatable bonds is 4. The van der Waals surface area contributed by atoms with Crippen molar-refractivity contribution >= 4 is 51.6 Å². The highest BCUT2D eigenvalue weighted by atomic mass is 35.5. The van der Waals surface area contributed by atoms with E-state index in [0.29, 0.717) is 11.4 Å². The molecule has 0 unspecified atom stereocenters. The van der Waals surface area contributed by atoms with Crippen molar-refractivity contribution in [3.63, 3.8) is 0 Å². The maximum absolute atomic E-state index is 13.0. The summed E-state index contributed by atoms with van der Waals surface area (Å²) < 4.78 is 40.8. The Labute approximate surface area is 196 Å². The second kappa shape index (κ2) is 9.06. The SMILES string of the molecule is CC(=O)Nc1ccc2ncn(-c3ccc(NC(=O)Nc4ccc(Cl)c(C(F)(F)F)c4)cc3)c2c1. The van der Waals surface area contributed by atoms with Crippen LogP contribution in [0.25, 0.3) is 16.7 Å². The van der Waals surface area contributed by atoms with E-state index in [0.717, 1.165) is 28.9 Å². The van der Waals surface area contributed by atoms with Gasteiger partial charge >= 0.3 is 12.2 Å². The molecular weight excluding hydrogens is 471 g/mol. The number of hydrogen-bond donors (Lipinski definition) is 3. The number of amides is 3. The molecule has 0 fully saturated rings. The molecule has 0 aliphatic rings. The third-order valence-electron chi connectivity index (χ3n) is 4.80. The zero-order valence-corrected chi connectivity index (χ0v) is 18.3. The van der Waals surface area contributed by atoms with Crippen LogP contribution in [0, 0.1) is 0 Å². The van der Waals surface area contributed by atoms with Gasteiger partial charge in [0.2, 0.25) is 5.91 Å². The summed E-state index contributed by atoms with van der Waals surface area (Å²) in [6.45, 7) is 1.42. The van der Waals surface area contributed by atoms with Gasteiger partial charge in [0.1, 0.15) is 6.33 Å². The van der Waals surface area contributed by atoms with Gasteiger partial charge in [-0.25, -0.2) is 9.78 Å². The Morgan fingerprint density at radius 2 is 1.50 bits per heavy atom. The number of benzene rings is 3. The summed E-state index contributed by atoms with van der Waals surface area (Å²) in [6, 6.07) is 14.5. The number of aromatic nitrogens is 2. The number of alkyl halides is 3. The molecule has 11 heteroatoms. The average molecular weight is 488 g/mol. The molecule has 3 amide bonds. The third-order valence-corrected chi connectivity index (χ3v) is 5.13. The first-order chi connectivity index (χ1) is 16.1. The maximum atomic E-state index is 13.0. The molecule has 174 valence electrons. The van der Waals surface area contributed by atoms with Gasteiger partial charge in [-0.1, -0.05) is 11.6 Å². The number of carbonyl (C=O) groups excluding carboxylic acids is 2. The van der Waals surface area contributed by atoms with Gasteiger partial charge in [0.25, 0.3) is 0 Å². The molecule has 7 nitrogen and oxygen atoms in total. The lowest BCUT2D eigenvalue weighted by molar-refractivity contribution is -0.137. The van der Waals surface area contributed by atoms with Crippen molar-refractivity contribution in [2.24, 2.45) is 0 Å². The number of nitrogens with one attached hydrogen (secondary N) is 3. The number of fused-ring (bicyclic) bond motifs is 1. The summed E-state index contributed by atoms with van der Waals surface area (Å²) in [5, 5.41) is 7.20. The summed E-state index contributed by atoms with van der Waals surface area (Å²) in [7, 11) is 0. The summed E-state index contributed by atoms with van der Waals surface area (Å²) in [5.74, 6) is -0.188. The molecule has 34 heavy (non-hydrogen) atoms. The van der Waals surface area contributed by atoms with E-state index in [1.807, 2.05) is 4.57 Å². The molecule has 0 aliphatic carbocycles. The van der Waals surface area contributed by atoms with Crippen LogP contribution in [0.3, 0.4) is 0 Å². The second-order valence-corrected chi connectivity index (χ2v) is 7.72. The van der Waals surface area contributed by atoms with Crippen LogP contribution in [0.15, 0.2) is 67.0 Å². The molecule has 0 saturated heterocycles. The zero-order chi connectivity index (χ0) is 24.5. The molecule has 0 radical (unpaired) electrons. The number of imidazole rings is 1. The molecule has 0 atom stereocenters. The van der Waals surface area contributed by atoms with E-state index in [4.69, 9.17) is 11.6 Å². The van der Waals surface area contributed by atoms with Crippen LogP contribution in [0.5, 0.6) is 0 Å². The molecule has 0 bridgehead atoms. The van der Waals surface area contributed by atoms with Crippen molar-refractivity contribution in [1.29, 1.82) is 0 Å². The van der Waals surface area contributed by atoms with Gasteiger partial charge in [0.05, 0.1) is 21.6 Å². The molecule has 1 heterocycles. The van der Waals surface area contributed by atoms with Crippen molar-refractivity contribution in [2.45, 2.75) is 13.1 Å². The third kappa shape index (κ3) is 5.12. The first kappa shape index (κ1) is 23.1. The zero-order valence-electron chi connectivity index (χ0n) is 17.6. The second-order valence-electron chi connectivity index (χ2n) is 7.32. The Morgan fingerprint density at radius 3 is 2.18 bits per heavy atom. The summed E-state index contributed by atoms with van der Waals surface area (Å²) >= 11 is 5.60. The van der Waals surface area contributed by atoms with Gasteiger partial charge in [0, 0.05) is 29.7 Å². The quantitative estimate of drug-likeness (QED) is 0.315. The lowest BCUT2D eigenvalue weighted by atomic mass is 10.2. The molecule has 0 spiro atoms. The van der Waals surface area contributed by atoms with Crippen molar-refractivity contribution in [1.82, 2.24) is 9.55 Å². The minimum absolute atomic E-state index is 0.0503. The predicted octanol–water partition coefficient (Wildman–Crippen LogP) is 6.30. The fraction of sp³-hybridized carbons (Fsp3) is 0.0870.